The Morgan fingerprint density at radius 1 is 1.08 bits per heavy atom. The van der Waals surface area contributed by atoms with Crippen LogP contribution in [0.1, 0.15) is 5.56 Å². The lowest BCUT2D eigenvalue weighted by Gasteiger charge is -2.10. The quantitative estimate of drug-likeness (QED) is 0.792. The highest BCUT2D eigenvalue weighted by Crippen LogP contribution is 2.31. The molecule has 3 aromatic rings. The molecule has 2 aromatic heterocycles. The summed E-state index contributed by atoms with van der Waals surface area (Å²) in [5.41, 5.74) is 3.58. The number of nitrogens with two attached hydrogens (primary N) is 1. The largest absolute Gasteiger partial charge is 0.264 e. The topological polar surface area (TPSA) is 85.9 Å². The monoisotopic (exact) mass is 343 g/mol. The van der Waals surface area contributed by atoms with Crippen molar-refractivity contribution in [2.45, 2.75) is 11.8 Å². The highest BCUT2D eigenvalue weighted by molar-refractivity contribution is 7.89. The van der Waals surface area contributed by atoms with Crippen LogP contribution >= 0.6 is 0 Å². The molecule has 0 spiro atoms. The maximum Gasteiger partial charge on any atom is 0.240 e. The van der Waals surface area contributed by atoms with Gasteiger partial charge in [0.2, 0.25) is 10.0 Å². The number of sulfonamides is 1. The van der Waals surface area contributed by atoms with Crippen LogP contribution in [-0.2, 0) is 10.0 Å². The lowest BCUT2D eigenvalue weighted by Crippen LogP contribution is -2.13. The Kier molecular flexibility index (Phi) is 4.13. The van der Waals surface area contributed by atoms with Crippen molar-refractivity contribution in [1.29, 1.82) is 0 Å². The number of hydrogen-bond acceptors (Lipinski definition) is 4. The summed E-state index contributed by atoms with van der Waals surface area (Å²) >= 11 is 0. The molecular weight excluding hydrogens is 329 g/mol. The zero-order valence-electron chi connectivity index (χ0n) is 12.8. The second-order valence-corrected chi connectivity index (χ2v) is 6.87. The molecule has 2 N–H and O–H groups in total. The Morgan fingerprint density at radius 2 is 1.88 bits per heavy atom. The lowest BCUT2D eigenvalue weighted by atomic mass is 10.00. The zero-order chi connectivity index (χ0) is 17.3. The van der Waals surface area contributed by atoms with Gasteiger partial charge in [0, 0.05) is 29.7 Å². The van der Waals surface area contributed by atoms with Gasteiger partial charge in [-0.1, -0.05) is 12.1 Å². The molecule has 2 heterocycles. The van der Waals surface area contributed by atoms with Crippen molar-refractivity contribution >= 4 is 10.0 Å². The first kappa shape index (κ1) is 16.2. The highest BCUT2D eigenvalue weighted by Gasteiger charge is 2.16. The Bertz CT molecular complexity index is 1020. The minimum atomic E-state index is -4.10. The maximum atomic E-state index is 14.1. The Morgan fingerprint density at radius 3 is 2.54 bits per heavy atom. The predicted molar refractivity (Wildman–Crippen MR) is 89.0 cm³/mol. The minimum absolute atomic E-state index is 0.504. The number of hydrogen-bond donors (Lipinski definition) is 1. The van der Waals surface area contributed by atoms with Gasteiger partial charge < -0.3 is 0 Å². The van der Waals surface area contributed by atoms with Crippen LogP contribution in [0.2, 0.25) is 0 Å². The third kappa shape index (κ3) is 3.17. The summed E-state index contributed by atoms with van der Waals surface area (Å²) in [4.78, 5) is 7.98. The van der Waals surface area contributed by atoms with Gasteiger partial charge in [0.05, 0.1) is 5.69 Å². The summed E-state index contributed by atoms with van der Waals surface area (Å²) in [6, 6.07) is 9.25. The molecule has 0 saturated heterocycles. The van der Waals surface area contributed by atoms with Gasteiger partial charge in [0.25, 0.3) is 0 Å². The van der Waals surface area contributed by atoms with Crippen LogP contribution < -0.4 is 5.14 Å². The SMILES string of the molecule is Cc1cncc(-c2ncccc2-c2ccc(S(N)(=O)=O)c(F)c2)c1. The van der Waals surface area contributed by atoms with Crippen molar-refractivity contribution in [3.63, 3.8) is 0 Å². The third-order valence-electron chi connectivity index (χ3n) is 3.51. The first-order valence-corrected chi connectivity index (χ1v) is 8.60. The molecule has 0 amide bonds. The Hall–Kier alpha value is -2.64. The summed E-state index contributed by atoms with van der Waals surface area (Å²) in [5, 5.41) is 5.00. The van der Waals surface area contributed by atoms with E-state index in [9.17, 15) is 12.8 Å². The van der Waals surface area contributed by atoms with E-state index in [1.54, 1.807) is 30.7 Å². The van der Waals surface area contributed by atoms with Crippen molar-refractivity contribution in [1.82, 2.24) is 9.97 Å². The van der Waals surface area contributed by atoms with Gasteiger partial charge in [-0.2, -0.15) is 0 Å². The molecule has 1 aromatic carbocycles. The van der Waals surface area contributed by atoms with Crippen molar-refractivity contribution in [3.05, 3.63) is 66.4 Å². The van der Waals surface area contributed by atoms with Crippen LogP contribution in [0.25, 0.3) is 22.4 Å². The molecule has 0 unspecified atom stereocenters. The number of nitrogens with zero attached hydrogens (tertiary/aromatic N) is 2. The van der Waals surface area contributed by atoms with Gasteiger partial charge in [-0.25, -0.2) is 17.9 Å². The average molecular weight is 343 g/mol. The molecule has 0 atom stereocenters. The molecule has 0 aliphatic rings. The van der Waals surface area contributed by atoms with Gasteiger partial charge in [-0.3, -0.25) is 9.97 Å². The van der Waals surface area contributed by atoms with E-state index >= 15 is 0 Å². The molecular formula is C17H14FN3O2S. The number of rotatable bonds is 3. The molecule has 0 saturated carbocycles. The van der Waals surface area contributed by atoms with Crippen LogP contribution in [0.4, 0.5) is 4.39 Å². The number of aryl methyl sites for hydroxylation is 1. The summed E-state index contributed by atoms with van der Waals surface area (Å²) in [5.74, 6) is -0.896. The number of aromatic nitrogens is 2. The van der Waals surface area contributed by atoms with Crippen molar-refractivity contribution < 1.29 is 12.8 Å². The molecule has 0 bridgehead atoms. The van der Waals surface area contributed by atoms with Gasteiger partial charge in [0.15, 0.2) is 0 Å². The van der Waals surface area contributed by atoms with E-state index in [4.69, 9.17) is 5.14 Å². The number of halogens is 1. The van der Waals surface area contributed by atoms with E-state index in [0.29, 0.717) is 16.8 Å². The predicted octanol–water partition coefficient (Wildman–Crippen LogP) is 2.91. The second-order valence-electron chi connectivity index (χ2n) is 5.34. The zero-order valence-corrected chi connectivity index (χ0v) is 13.6. The summed E-state index contributed by atoms with van der Waals surface area (Å²) < 4.78 is 36.8. The van der Waals surface area contributed by atoms with Crippen LogP contribution in [-0.4, -0.2) is 18.4 Å². The number of primary sulfonamides is 1. The number of benzene rings is 1. The van der Waals surface area contributed by atoms with Crippen LogP contribution in [0.15, 0.2) is 59.9 Å². The molecule has 3 rings (SSSR count). The lowest BCUT2D eigenvalue weighted by molar-refractivity contribution is 0.568. The van der Waals surface area contributed by atoms with Gasteiger partial charge in [-0.05, 0) is 42.3 Å². The normalized spacial score (nSPS) is 11.5. The van der Waals surface area contributed by atoms with Gasteiger partial charge in [0.1, 0.15) is 10.7 Å². The van der Waals surface area contributed by atoms with E-state index in [2.05, 4.69) is 9.97 Å². The van der Waals surface area contributed by atoms with Crippen LogP contribution in [0.5, 0.6) is 0 Å². The van der Waals surface area contributed by atoms with E-state index < -0.39 is 20.7 Å². The fourth-order valence-electron chi connectivity index (χ4n) is 2.45. The molecule has 0 aliphatic carbocycles. The van der Waals surface area contributed by atoms with E-state index in [0.717, 1.165) is 23.3 Å². The molecule has 122 valence electrons. The molecule has 5 nitrogen and oxygen atoms in total. The fraction of sp³-hybridized carbons (Fsp3) is 0.0588. The first-order chi connectivity index (χ1) is 11.4. The molecule has 24 heavy (non-hydrogen) atoms. The molecule has 0 fully saturated rings. The van der Waals surface area contributed by atoms with E-state index in [1.807, 2.05) is 13.0 Å². The highest BCUT2D eigenvalue weighted by atomic mass is 32.2. The fourth-order valence-corrected chi connectivity index (χ4v) is 3.04. The van der Waals surface area contributed by atoms with Crippen molar-refractivity contribution in [3.8, 4) is 22.4 Å². The Labute approximate surface area is 139 Å². The van der Waals surface area contributed by atoms with Crippen molar-refractivity contribution in [2.24, 2.45) is 5.14 Å². The van der Waals surface area contributed by atoms with Crippen LogP contribution in [0.3, 0.4) is 0 Å². The number of pyridine rings is 2. The van der Waals surface area contributed by atoms with E-state index in [-0.39, 0.29) is 0 Å². The summed E-state index contributed by atoms with van der Waals surface area (Å²) in [7, 11) is -4.10. The minimum Gasteiger partial charge on any atom is -0.264 e. The average Bonchev–Trinajstić information content (AvgIpc) is 2.53. The molecule has 7 heteroatoms. The van der Waals surface area contributed by atoms with Gasteiger partial charge >= 0.3 is 0 Å². The first-order valence-electron chi connectivity index (χ1n) is 7.06. The molecule has 0 aliphatic heterocycles. The third-order valence-corrected chi connectivity index (χ3v) is 4.45. The van der Waals surface area contributed by atoms with Crippen molar-refractivity contribution in [2.75, 3.05) is 0 Å². The van der Waals surface area contributed by atoms with Crippen LogP contribution in [0, 0.1) is 12.7 Å². The van der Waals surface area contributed by atoms with E-state index in [1.165, 1.54) is 6.07 Å². The summed E-state index contributed by atoms with van der Waals surface area (Å²) in [6.45, 7) is 1.92. The second kappa shape index (κ2) is 6.10. The summed E-state index contributed by atoms with van der Waals surface area (Å²) in [6.07, 6.45) is 5.04. The molecule has 0 radical (unpaired) electrons. The van der Waals surface area contributed by atoms with Gasteiger partial charge in [-0.15, -0.1) is 0 Å². The smallest absolute Gasteiger partial charge is 0.240 e. The Balaban J connectivity index is 2.16. The standard InChI is InChI=1S/C17H14FN3O2S/c1-11-7-13(10-20-9-11)17-14(3-2-6-21-17)12-4-5-16(15(18)8-12)24(19,22)23/h2-10H,1H3,(H2,19,22,23). The maximum absolute atomic E-state index is 14.1.